The third kappa shape index (κ3) is 1.92. The summed E-state index contributed by atoms with van der Waals surface area (Å²) >= 11 is 1.36. The predicted molar refractivity (Wildman–Crippen MR) is 67.2 cm³/mol. The van der Waals surface area contributed by atoms with E-state index in [9.17, 15) is 14.7 Å². The molecule has 0 aliphatic heterocycles. The molecule has 3 atom stereocenters. The molecule has 18 heavy (non-hydrogen) atoms. The van der Waals surface area contributed by atoms with Gasteiger partial charge in [0.15, 0.2) is 6.04 Å². The van der Waals surface area contributed by atoms with Crippen molar-refractivity contribution in [1.29, 1.82) is 0 Å². The first-order chi connectivity index (χ1) is 8.68. The molecule has 1 aromatic rings. The van der Waals surface area contributed by atoms with E-state index in [2.05, 4.69) is 5.32 Å². The van der Waals surface area contributed by atoms with E-state index in [0.717, 1.165) is 12.8 Å². The molecule has 2 aliphatic carbocycles. The van der Waals surface area contributed by atoms with Crippen LogP contribution in [-0.2, 0) is 9.59 Å². The Morgan fingerprint density at radius 1 is 1.39 bits per heavy atom. The van der Waals surface area contributed by atoms with Gasteiger partial charge >= 0.3 is 5.97 Å². The standard InChI is InChI=1S/C13H15NO3S/c15-12(10-7-3-1-4-8(7)10)14-11(13(16)17)9-5-2-6-18-9/h2,5-8,10-11H,1,3-4H2,(H,14,15)(H,16,17). The van der Waals surface area contributed by atoms with Crippen LogP contribution >= 0.6 is 11.3 Å². The second kappa shape index (κ2) is 4.39. The van der Waals surface area contributed by atoms with Gasteiger partial charge in [-0.3, -0.25) is 4.79 Å². The van der Waals surface area contributed by atoms with Gasteiger partial charge in [0, 0.05) is 10.8 Å². The Hall–Kier alpha value is -1.36. The van der Waals surface area contributed by atoms with Crippen molar-refractivity contribution in [3.63, 3.8) is 0 Å². The van der Waals surface area contributed by atoms with Gasteiger partial charge in [-0.2, -0.15) is 0 Å². The van der Waals surface area contributed by atoms with Crippen molar-refractivity contribution in [2.45, 2.75) is 25.3 Å². The molecule has 5 heteroatoms. The fourth-order valence-corrected chi connectivity index (χ4v) is 3.93. The summed E-state index contributed by atoms with van der Waals surface area (Å²) in [4.78, 5) is 24.0. The third-order valence-corrected chi connectivity index (χ3v) is 5.01. The number of carboxylic acid groups (broad SMARTS) is 1. The fraction of sp³-hybridized carbons (Fsp3) is 0.538. The van der Waals surface area contributed by atoms with E-state index >= 15 is 0 Å². The molecule has 0 saturated heterocycles. The van der Waals surface area contributed by atoms with Gasteiger partial charge in [0.2, 0.25) is 5.91 Å². The molecule has 2 fully saturated rings. The number of hydrogen-bond acceptors (Lipinski definition) is 3. The highest BCUT2D eigenvalue weighted by Crippen LogP contribution is 2.57. The van der Waals surface area contributed by atoms with Gasteiger partial charge in [-0.15, -0.1) is 11.3 Å². The van der Waals surface area contributed by atoms with Crippen molar-refractivity contribution in [2.75, 3.05) is 0 Å². The molecule has 0 aromatic carbocycles. The smallest absolute Gasteiger partial charge is 0.331 e. The number of rotatable bonds is 4. The Bertz CT molecular complexity index is 461. The van der Waals surface area contributed by atoms with Crippen LogP contribution in [0.2, 0.25) is 0 Å². The van der Waals surface area contributed by atoms with Crippen LogP contribution in [0.15, 0.2) is 17.5 Å². The highest BCUT2D eigenvalue weighted by molar-refractivity contribution is 7.10. The van der Waals surface area contributed by atoms with Crippen LogP contribution in [0.3, 0.4) is 0 Å². The lowest BCUT2D eigenvalue weighted by molar-refractivity contribution is -0.142. The summed E-state index contributed by atoms with van der Waals surface area (Å²) in [7, 11) is 0. The number of carbonyl (C=O) groups is 2. The zero-order chi connectivity index (χ0) is 12.7. The Morgan fingerprint density at radius 2 is 2.11 bits per heavy atom. The SMILES string of the molecule is O=C(O)C(NC(=O)C1C2CCCC21)c1cccs1. The average molecular weight is 265 g/mol. The van der Waals surface area contributed by atoms with Crippen molar-refractivity contribution in [1.82, 2.24) is 5.32 Å². The Morgan fingerprint density at radius 3 is 2.67 bits per heavy atom. The molecule has 2 aliphatic rings. The fourth-order valence-electron chi connectivity index (χ4n) is 3.16. The molecule has 1 aromatic heterocycles. The maximum atomic E-state index is 12.1. The predicted octanol–water partition coefficient (Wildman–Crippen LogP) is 2.04. The van der Waals surface area contributed by atoms with E-state index in [1.165, 1.54) is 17.8 Å². The number of hydrogen-bond donors (Lipinski definition) is 2. The van der Waals surface area contributed by atoms with Crippen molar-refractivity contribution < 1.29 is 14.7 Å². The van der Waals surface area contributed by atoms with Crippen molar-refractivity contribution >= 4 is 23.2 Å². The zero-order valence-corrected chi connectivity index (χ0v) is 10.7. The lowest BCUT2D eigenvalue weighted by atomic mass is 10.1. The van der Waals surface area contributed by atoms with Crippen molar-refractivity contribution in [3.05, 3.63) is 22.4 Å². The summed E-state index contributed by atoms with van der Waals surface area (Å²) in [6.45, 7) is 0. The first-order valence-corrected chi connectivity index (χ1v) is 7.13. The average Bonchev–Trinajstić information content (AvgIpc) is 2.80. The third-order valence-electron chi connectivity index (χ3n) is 4.07. The normalized spacial score (nSPS) is 30.6. The Balaban J connectivity index is 1.67. The van der Waals surface area contributed by atoms with Crippen LogP contribution in [0.5, 0.6) is 0 Å². The summed E-state index contributed by atoms with van der Waals surface area (Å²) in [5, 5.41) is 13.7. The summed E-state index contributed by atoms with van der Waals surface area (Å²) in [5.74, 6) is 0.0354. The molecule has 3 unspecified atom stereocenters. The highest BCUT2D eigenvalue weighted by Gasteiger charge is 2.56. The van der Waals surface area contributed by atoms with Crippen LogP contribution in [0.25, 0.3) is 0 Å². The van der Waals surface area contributed by atoms with Crippen LogP contribution in [0.4, 0.5) is 0 Å². The highest BCUT2D eigenvalue weighted by atomic mass is 32.1. The van der Waals surface area contributed by atoms with Gasteiger partial charge in [-0.1, -0.05) is 12.5 Å². The van der Waals surface area contributed by atoms with Crippen LogP contribution < -0.4 is 5.32 Å². The van der Waals surface area contributed by atoms with Gasteiger partial charge in [0.05, 0.1) is 0 Å². The monoisotopic (exact) mass is 265 g/mol. The molecule has 1 heterocycles. The molecule has 0 spiro atoms. The first-order valence-electron chi connectivity index (χ1n) is 6.25. The van der Waals surface area contributed by atoms with Gasteiger partial charge in [-0.05, 0) is 36.1 Å². The zero-order valence-electron chi connectivity index (χ0n) is 9.83. The molecular weight excluding hydrogens is 250 g/mol. The molecule has 3 rings (SSSR count). The van der Waals surface area contributed by atoms with E-state index in [1.807, 2.05) is 5.38 Å². The summed E-state index contributed by atoms with van der Waals surface area (Å²) in [6, 6.07) is 2.66. The van der Waals surface area contributed by atoms with E-state index < -0.39 is 12.0 Å². The Kier molecular flexibility index (Phi) is 2.86. The number of carbonyl (C=O) groups excluding carboxylic acids is 1. The lowest BCUT2D eigenvalue weighted by Gasteiger charge is -2.13. The quantitative estimate of drug-likeness (QED) is 0.875. The Labute approximate surface area is 109 Å². The lowest BCUT2D eigenvalue weighted by Crippen LogP contribution is -2.35. The minimum absolute atomic E-state index is 0.0700. The number of carboxylic acids is 1. The van der Waals surface area contributed by atoms with Crippen molar-refractivity contribution in [3.8, 4) is 0 Å². The molecule has 4 nitrogen and oxygen atoms in total. The summed E-state index contributed by atoms with van der Waals surface area (Å²) in [5.41, 5.74) is 0. The second-order valence-corrected chi connectivity index (χ2v) is 6.06. The van der Waals surface area contributed by atoms with E-state index in [-0.39, 0.29) is 11.8 Å². The maximum absolute atomic E-state index is 12.1. The molecular formula is C13H15NO3S. The van der Waals surface area contributed by atoms with Crippen LogP contribution in [0.1, 0.15) is 30.2 Å². The van der Waals surface area contributed by atoms with Gasteiger partial charge in [0.25, 0.3) is 0 Å². The number of aliphatic carboxylic acids is 1. The molecule has 2 N–H and O–H groups in total. The topological polar surface area (TPSA) is 66.4 Å². The van der Waals surface area contributed by atoms with Gasteiger partial charge < -0.3 is 10.4 Å². The van der Waals surface area contributed by atoms with Gasteiger partial charge in [0.1, 0.15) is 0 Å². The molecule has 96 valence electrons. The number of fused-ring (bicyclic) bond motifs is 1. The van der Waals surface area contributed by atoms with Crippen LogP contribution in [0, 0.1) is 17.8 Å². The largest absolute Gasteiger partial charge is 0.479 e. The summed E-state index contributed by atoms with van der Waals surface area (Å²) in [6.07, 6.45) is 3.46. The van der Waals surface area contributed by atoms with E-state index in [4.69, 9.17) is 0 Å². The first kappa shape index (κ1) is 11.7. The summed E-state index contributed by atoms with van der Waals surface area (Å²) < 4.78 is 0. The number of amides is 1. The number of thiophene rings is 1. The van der Waals surface area contributed by atoms with E-state index in [0.29, 0.717) is 16.7 Å². The maximum Gasteiger partial charge on any atom is 0.331 e. The van der Waals surface area contributed by atoms with Crippen LogP contribution in [-0.4, -0.2) is 17.0 Å². The van der Waals surface area contributed by atoms with E-state index in [1.54, 1.807) is 12.1 Å². The molecule has 0 bridgehead atoms. The second-order valence-electron chi connectivity index (χ2n) is 5.08. The van der Waals surface area contributed by atoms with Gasteiger partial charge in [-0.25, -0.2) is 4.79 Å². The molecule has 1 amide bonds. The minimum atomic E-state index is -0.989. The number of nitrogens with one attached hydrogen (secondary N) is 1. The minimum Gasteiger partial charge on any atom is -0.479 e. The van der Waals surface area contributed by atoms with Crippen molar-refractivity contribution in [2.24, 2.45) is 17.8 Å². The molecule has 0 radical (unpaired) electrons. The molecule has 2 saturated carbocycles.